The van der Waals surface area contributed by atoms with Crippen LogP contribution in [0.15, 0.2) is 36.7 Å². The van der Waals surface area contributed by atoms with Crippen molar-refractivity contribution in [3.8, 4) is 17.1 Å². The van der Waals surface area contributed by atoms with Gasteiger partial charge >= 0.3 is 6.09 Å². The fourth-order valence-corrected chi connectivity index (χ4v) is 2.63. The van der Waals surface area contributed by atoms with Crippen LogP contribution in [-0.4, -0.2) is 27.0 Å². The summed E-state index contributed by atoms with van der Waals surface area (Å²) in [6.45, 7) is 1.45. The van der Waals surface area contributed by atoms with E-state index in [-0.39, 0.29) is 29.3 Å². The molecular weight excluding hydrogens is 403 g/mol. The minimum absolute atomic E-state index is 0.0217. The molecular formula is C18H16ClFN6O3. The fourth-order valence-electron chi connectivity index (χ4n) is 2.43. The first-order valence-corrected chi connectivity index (χ1v) is 8.68. The summed E-state index contributed by atoms with van der Waals surface area (Å²) in [7, 11) is 0. The summed E-state index contributed by atoms with van der Waals surface area (Å²) in [5.74, 6) is -0.679. The maximum atomic E-state index is 13.2. The second-order valence-electron chi connectivity index (χ2n) is 5.92. The molecule has 3 rings (SSSR count). The summed E-state index contributed by atoms with van der Waals surface area (Å²) in [6.07, 6.45) is 2.19. The third-order valence-electron chi connectivity index (χ3n) is 3.67. The summed E-state index contributed by atoms with van der Waals surface area (Å²) in [5.41, 5.74) is 7.47. The first-order chi connectivity index (χ1) is 13.8. The zero-order chi connectivity index (χ0) is 21.0. The smallest absolute Gasteiger partial charge is 0.393 e. The van der Waals surface area contributed by atoms with Crippen LogP contribution < -0.4 is 21.1 Å². The van der Waals surface area contributed by atoms with Crippen molar-refractivity contribution >= 4 is 35.2 Å². The standard InChI is InChI=1S/C18H16ClFN6O3/c1-9(27)25-14-8-23-17(21)26-16(14)11-5-15(22-7-11)29-18(28)24-6-10-2-3-13(20)12(19)4-10/h2-5,7-8,22H,6H2,1H3,(H,24,28)(H,25,27)(H2,21,23,26). The third kappa shape index (κ3) is 5.20. The van der Waals surface area contributed by atoms with Crippen LogP contribution in [0.5, 0.6) is 5.88 Å². The van der Waals surface area contributed by atoms with Gasteiger partial charge in [-0.2, -0.15) is 0 Å². The first kappa shape index (κ1) is 20.1. The zero-order valence-corrected chi connectivity index (χ0v) is 15.9. The Morgan fingerprint density at radius 2 is 2.14 bits per heavy atom. The van der Waals surface area contributed by atoms with E-state index in [1.54, 1.807) is 0 Å². The molecule has 150 valence electrons. The van der Waals surface area contributed by atoms with Crippen LogP contribution in [0.25, 0.3) is 11.3 Å². The second kappa shape index (κ2) is 8.57. The molecule has 0 atom stereocenters. The number of amides is 2. The van der Waals surface area contributed by atoms with E-state index in [1.165, 1.54) is 43.6 Å². The van der Waals surface area contributed by atoms with Gasteiger partial charge in [-0.05, 0) is 17.7 Å². The molecule has 3 aromatic rings. The highest BCUT2D eigenvalue weighted by atomic mass is 35.5. The number of aromatic nitrogens is 3. The molecule has 2 amide bonds. The predicted molar refractivity (Wildman–Crippen MR) is 105 cm³/mol. The lowest BCUT2D eigenvalue weighted by Crippen LogP contribution is -2.26. The van der Waals surface area contributed by atoms with Gasteiger partial charge in [-0.15, -0.1) is 0 Å². The van der Waals surface area contributed by atoms with Gasteiger partial charge in [-0.3, -0.25) is 4.79 Å². The van der Waals surface area contributed by atoms with Crippen LogP contribution in [0.3, 0.4) is 0 Å². The molecule has 1 aromatic carbocycles. The van der Waals surface area contributed by atoms with Crippen molar-refractivity contribution < 1.29 is 18.7 Å². The van der Waals surface area contributed by atoms with Crippen molar-refractivity contribution in [3.05, 3.63) is 53.1 Å². The molecule has 0 radical (unpaired) electrons. The topological polar surface area (TPSA) is 135 Å². The lowest BCUT2D eigenvalue weighted by atomic mass is 10.2. The third-order valence-corrected chi connectivity index (χ3v) is 3.96. The Kier molecular flexibility index (Phi) is 5.93. The Morgan fingerprint density at radius 3 is 2.86 bits per heavy atom. The number of nitrogens with zero attached hydrogens (tertiary/aromatic N) is 2. The van der Waals surface area contributed by atoms with Gasteiger partial charge in [0.05, 0.1) is 16.9 Å². The predicted octanol–water partition coefficient (Wildman–Crippen LogP) is 3.09. The second-order valence-corrected chi connectivity index (χ2v) is 6.32. The van der Waals surface area contributed by atoms with E-state index in [2.05, 4.69) is 25.6 Å². The number of anilines is 2. The molecule has 0 aliphatic heterocycles. The van der Waals surface area contributed by atoms with Crippen molar-refractivity contribution in [2.24, 2.45) is 0 Å². The van der Waals surface area contributed by atoms with Crippen molar-refractivity contribution in [2.45, 2.75) is 13.5 Å². The Labute approximate surface area is 169 Å². The lowest BCUT2D eigenvalue weighted by Gasteiger charge is -2.07. The van der Waals surface area contributed by atoms with Gasteiger partial charge in [0.2, 0.25) is 17.7 Å². The number of aromatic amines is 1. The number of nitrogen functional groups attached to an aromatic ring is 1. The normalized spacial score (nSPS) is 10.4. The highest BCUT2D eigenvalue weighted by Crippen LogP contribution is 2.28. The fraction of sp³-hybridized carbons (Fsp3) is 0.111. The summed E-state index contributed by atoms with van der Waals surface area (Å²) >= 11 is 5.71. The average molecular weight is 419 g/mol. The SMILES string of the molecule is CC(=O)Nc1cnc(N)nc1-c1c[nH]c(OC(=O)NCc2ccc(F)c(Cl)c2)c1. The molecule has 9 nitrogen and oxygen atoms in total. The minimum Gasteiger partial charge on any atom is -0.393 e. The minimum atomic E-state index is -0.733. The van der Waals surface area contributed by atoms with Crippen molar-refractivity contribution in [3.63, 3.8) is 0 Å². The highest BCUT2D eigenvalue weighted by Gasteiger charge is 2.14. The summed E-state index contributed by atoms with van der Waals surface area (Å²) in [6, 6.07) is 5.63. The van der Waals surface area contributed by atoms with Crippen LogP contribution in [0.1, 0.15) is 12.5 Å². The molecule has 0 aliphatic carbocycles. The van der Waals surface area contributed by atoms with Gasteiger partial charge < -0.3 is 26.1 Å². The Hall–Kier alpha value is -3.66. The van der Waals surface area contributed by atoms with E-state index >= 15 is 0 Å². The van der Waals surface area contributed by atoms with Crippen LogP contribution in [0.2, 0.25) is 5.02 Å². The number of rotatable bonds is 5. The molecule has 5 N–H and O–H groups in total. The highest BCUT2D eigenvalue weighted by molar-refractivity contribution is 6.30. The van der Waals surface area contributed by atoms with E-state index in [0.717, 1.165) is 0 Å². The number of carbonyl (C=O) groups excluding carboxylic acids is 2. The van der Waals surface area contributed by atoms with Gasteiger partial charge in [0.25, 0.3) is 0 Å². The molecule has 0 bridgehead atoms. The van der Waals surface area contributed by atoms with Crippen LogP contribution >= 0.6 is 11.6 Å². The van der Waals surface area contributed by atoms with E-state index < -0.39 is 11.9 Å². The van der Waals surface area contributed by atoms with Gasteiger partial charge in [0, 0.05) is 31.3 Å². The first-order valence-electron chi connectivity index (χ1n) is 8.30. The van der Waals surface area contributed by atoms with Gasteiger partial charge in [-0.25, -0.2) is 19.2 Å². The summed E-state index contributed by atoms with van der Waals surface area (Å²) in [5, 5.41) is 5.09. The summed E-state index contributed by atoms with van der Waals surface area (Å²) < 4.78 is 18.3. The number of hydrogen-bond acceptors (Lipinski definition) is 6. The molecule has 0 fully saturated rings. The van der Waals surface area contributed by atoms with Gasteiger partial charge in [0.1, 0.15) is 11.5 Å². The van der Waals surface area contributed by atoms with Crippen molar-refractivity contribution in [2.75, 3.05) is 11.1 Å². The van der Waals surface area contributed by atoms with Crippen LogP contribution in [0.4, 0.5) is 20.8 Å². The molecule has 0 aliphatic rings. The number of nitrogens with two attached hydrogens (primary N) is 1. The maximum absolute atomic E-state index is 13.2. The average Bonchev–Trinajstić information content (AvgIpc) is 3.12. The molecule has 0 unspecified atom stereocenters. The molecule has 29 heavy (non-hydrogen) atoms. The number of benzene rings is 1. The monoisotopic (exact) mass is 418 g/mol. The molecule has 11 heteroatoms. The van der Waals surface area contributed by atoms with E-state index in [9.17, 15) is 14.0 Å². The largest absolute Gasteiger partial charge is 0.414 e. The Bertz CT molecular complexity index is 1070. The number of carbonyl (C=O) groups is 2. The number of halogens is 2. The van der Waals surface area contributed by atoms with E-state index in [0.29, 0.717) is 22.5 Å². The van der Waals surface area contributed by atoms with E-state index in [1.807, 2.05) is 0 Å². The maximum Gasteiger partial charge on any atom is 0.414 e. The lowest BCUT2D eigenvalue weighted by molar-refractivity contribution is -0.114. The number of H-pyrrole nitrogens is 1. The van der Waals surface area contributed by atoms with Crippen LogP contribution in [-0.2, 0) is 11.3 Å². The number of nitrogens with one attached hydrogen (secondary N) is 3. The molecule has 0 saturated heterocycles. The molecule has 2 aromatic heterocycles. The summed E-state index contributed by atoms with van der Waals surface area (Å²) in [4.78, 5) is 34.1. The Balaban J connectivity index is 1.67. The molecule has 2 heterocycles. The quantitative estimate of drug-likeness (QED) is 0.502. The van der Waals surface area contributed by atoms with Gasteiger partial charge in [-0.1, -0.05) is 17.7 Å². The van der Waals surface area contributed by atoms with Crippen LogP contribution in [0, 0.1) is 5.82 Å². The van der Waals surface area contributed by atoms with E-state index in [4.69, 9.17) is 22.1 Å². The molecule has 0 spiro atoms. The van der Waals surface area contributed by atoms with Crippen molar-refractivity contribution in [1.82, 2.24) is 20.3 Å². The van der Waals surface area contributed by atoms with Crippen molar-refractivity contribution in [1.29, 1.82) is 0 Å². The van der Waals surface area contributed by atoms with Gasteiger partial charge in [0.15, 0.2) is 0 Å². The number of hydrogen-bond donors (Lipinski definition) is 4. The Morgan fingerprint density at radius 1 is 1.34 bits per heavy atom. The molecule has 0 saturated carbocycles. The number of ether oxygens (including phenoxy) is 1. The zero-order valence-electron chi connectivity index (χ0n) is 15.1.